The molecular formula is C30H23NO8. The molecule has 0 amide bonds. The summed E-state index contributed by atoms with van der Waals surface area (Å²) in [6.45, 7) is 0. The van der Waals surface area contributed by atoms with Crippen molar-refractivity contribution >= 4 is 28.7 Å². The van der Waals surface area contributed by atoms with Crippen molar-refractivity contribution < 1.29 is 33.3 Å². The number of rotatable bonds is 5. The first-order valence-corrected chi connectivity index (χ1v) is 12.1. The first-order valence-electron chi connectivity index (χ1n) is 12.1. The minimum atomic E-state index is -0.686. The number of methoxy groups -OCH3 is 3. The molecule has 6 rings (SSSR count). The van der Waals surface area contributed by atoms with Gasteiger partial charge in [0, 0.05) is 34.7 Å². The van der Waals surface area contributed by atoms with Crippen molar-refractivity contribution in [1.29, 1.82) is 0 Å². The van der Waals surface area contributed by atoms with Crippen LogP contribution in [0.3, 0.4) is 0 Å². The Morgan fingerprint density at radius 3 is 2.41 bits per heavy atom. The van der Waals surface area contributed by atoms with Gasteiger partial charge >= 0.3 is 5.97 Å². The Morgan fingerprint density at radius 2 is 1.64 bits per heavy atom. The molecule has 4 aromatic rings. The lowest BCUT2D eigenvalue weighted by Gasteiger charge is -2.26. The molecular weight excluding hydrogens is 502 g/mol. The molecule has 0 aliphatic carbocycles. The van der Waals surface area contributed by atoms with Crippen LogP contribution in [0.5, 0.6) is 28.7 Å². The van der Waals surface area contributed by atoms with Crippen LogP contribution in [0.25, 0.3) is 17.0 Å². The van der Waals surface area contributed by atoms with Crippen LogP contribution >= 0.6 is 0 Å². The van der Waals surface area contributed by atoms with Gasteiger partial charge in [0.15, 0.2) is 5.76 Å². The third kappa shape index (κ3) is 4.08. The van der Waals surface area contributed by atoms with Gasteiger partial charge in [0.2, 0.25) is 5.78 Å². The molecule has 1 N–H and O–H groups in total. The molecule has 3 heterocycles. The van der Waals surface area contributed by atoms with Crippen LogP contribution in [0.15, 0.2) is 65.2 Å². The number of carbonyl (C=O) groups excluding carboxylic acids is 2. The highest BCUT2D eigenvalue weighted by Gasteiger charge is 2.39. The zero-order valence-corrected chi connectivity index (χ0v) is 21.3. The minimum Gasteiger partial charge on any atom is -0.497 e. The molecule has 2 aliphatic rings. The average Bonchev–Trinajstić information content (AvgIpc) is 3.26. The highest BCUT2D eigenvalue weighted by atomic mass is 16.5. The van der Waals surface area contributed by atoms with Crippen molar-refractivity contribution in [2.24, 2.45) is 0 Å². The van der Waals surface area contributed by atoms with Crippen molar-refractivity contribution in [3.05, 3.63) is 93.0 Å². The van der Waals surface area contributed by atoms with E-state index in [1.54, 1.807) is 68.8 Å². The summed E-state index contributed by atoms with van der Waals surface area (Å²) < 4.78 is 27.6. The second-order valence-corrected chi connectivity index (χ2v) is 9.14. The molecule has 0 radical (unpaired) electrons. The van der Waals surface area contributed by atoms with Crippen LogP contribution in [0.1, 0.15) is 39.4 Å². The van der Waals surface area contributed by atoms with Crippen molar-refractivity contribution in [3.63, 3.8) is 0 Å². The van der Waals surface area contributed by atoms with Gasteiger partial charge in [-0.25, -0.2) is 0 Å². The topological polar surface area (TPSA) is 113 Å². The fraction of sp³-hybridized carbons (Fsp3) is 0.167. The minimum absolute atomic E-state index is 0.0806. The maximum absolute atomic E-state index is 13.4. The molecule has 0 saturated heterocycles. The maximum Gasteiger partial charge on any atom is 0.312 e. The highest BCUT2D eigenvalue weighted by Crippen LogP contribution is 2.48. The van der Waals surface area contributed by atoms with Crippen molar-refractivity contribution in [1.82, 2.24) is 4.98 Å². The Hall–Kier alpha value is -5.05. The van der Waals surface area contributed by atoms with Crippen LogP contribution in [0.2, 0.25) is 0 Å². The van der Waals surface area contributed by atoms with Gasteiger partial charge in [-0.05, 0) is 53.9 Å². The number of Topliss-reactive ketones (excluding diaryl/α,β-unsaturated/α-hetero) is 1. The van der Waals surface area contributed by atoms with Crippen molar-refractivity contribution in [2.75, 3.05) is 21.3 Å². The molecule has 196 valence electrons. The van der Waals surface area contributed by atoms with E-state index < -0.39 is 11.9 Å². The van der Waals surface area contributed by atoms with Gasteiger partial charge in [-0.15, -0.1) is 0 Å². The number of fused-ring (bicyclic) bond motifs is 4. The molecule has 0 spiro atoms. The summed E-state index contributed by atoms with van der Waals surface area (Å²) in [6, 6.07) is 15.4. The number of allylic oxidation sites excluding steroid dienone is 1. The number of ether oxygens (including phenoxy) is 5. The molecule has 1 unspecified atom stereocenters. The fourth-order valence-corrected chi connectivity index (χ4v) is 5.03. The number of hydrogen-bond acceptors (Lipinski definition) is 8. The smallest absolute Gasteiger partial charge is 0.312 e. The molecule has 0 bridgehead atoms. The Morgan fingerprint density at radius 1 is 0.872 bits per heavy atom. The summed E-state index contributed by atoms with van der Waals surface area (Å²) in [5, 5.41) is 0.766. The van der Waals surface area contributed by atoms with Gasteiger partial charge < -0.3 is 28.7 Å². The molecule has 0 saturated carbocycles. The van der Waals surface area contributed by atoms with Crippen LogP contribution < -0.4 is 29.2 Å². The van der Waals surface area contributed by atoms with Gasteiger partial charge in [0.05, 0.1) is 38.8 Å². The summed E-state index contributed by atoms with van der Waals surface area (Å²) in [4.78, 5) is 42.1. The van der Waals surface area contributed by atoms with E-state index in [9.17, 15) is 14.4 Å². The molecule has 39 heavy (non-hydrogen) atoms. The van der Waals surface area contributed by atoms with E-state index in [1.165, 1.54) is 7.11 Å². The second kappa shape index (κ2) is 9.36. The van der Waals surface area contributed by atoms with Gasteiger partial charge in [-0.2, -0.15) is 0 Å². The Balaban J connectivity index is 1.46. The Labute approximate surface area is 222 Å². The average molecular weight is 526 g/mol. The number of ketones is 1. The Kier molecular flexibility index (Phi) is 5.83. The lowest BCUT2D eigenvalue weighted by atomic mass is 9.85. The number of esters is 1. The van der Waals surface area contributed by atoms with E-state index in [-0.39, 0.29) is 35.0 Å². The van der Waals surface area contributed by atoms with E-state index in [1.807, 2.05) is 6.07 Å². The summed E-state index contributed by atoms with van der Waals surface area (Å²) in [6.07, 6.45) is 1.50. The molecule has 9 nitrogen and oxygen atoms in total. The third-order valence-electron chi connectivity index (χ3n) is 6.96. The van der Waals surface area contributed by atoms with E-state index in [2.05, 4.69) is 4.98 Å². The second-order valence-electron chi connectivity index (χ2n) is 9.14. The summed E-state index contributed by atoms with van der Waals surface area (Å²) in [7, 11) is 4.62. The number of nitrogens with one attached hydrogen (secondary N) is 1. The number of aromatic nitrogens is 1. The number of carbonyl (C=O) groups is 2. The molecule has 1 aromatic heterocycles. The predicted octanol–water partition coefficient (Wildman–Crippen LogP) is 4.61. The van der Waals surface area contributed by atoms with Crippen molar-refractivity contribution in [2.45, 2.75) is 12.3 Å². The van der Waals surface area contributed by atoms with Gasteiger partial charge in [-0.3, -0.25) is 14.4 Å². The maximum atomic E-state index is 13.4. The van der Waals surface area contributed by atoms with E-state index in [0.29, 0.717) is 45.0 Å². The number of aromatic amines is 1. The number of pyridine rings is 1. The van der Waals surface area contributed by atoms with Crippen LogP contribution in [0.4, 0.5) is 0 Å². The fourth-order valence-electron chi connectivity index (χ4n) is 5.03. The van der Waals surface area contributed by atoms with Gasteiger partial charge in [0.25, 0.3) is 5.56 Å². The molecule has 0 fully saturated rings. The molecule has 1 atom stereocenters. The quantitative estimate of drug-likeness (QED) is 0.228. The number of H-pyrrole nitrogens is 1. The zero-order valence-electron chi connectivity index (χ0n) is 21.3. The van der Waals surface area contributed by atoms with E-state index in [4.69, 9.17) is 23.7 Å². The SMILES string of the molecule is COc1ccc(C=C2Oc3c(ccc4c3C(c3cc5ccc(OC)cc5[nH]c3=O)CC(=O)O4)C2=O)c(OC)c1. The first-order chi connectivity index (χ1) is 18.9. The molecule has 9 heteroatoms. The van der Waals surface area contributed by atoms with E-state index in [0.717, 1.165) is 5.39 Å². The standard InChI is InChI=1S/C30H23NO8/c1-35-17-6-4-15-10-21(30(34)31-22(15)12-17)20-14-26(32)38-23-9-8-19-28(33)25(39-29(19)27(20)23)11-16-5-7-18(36-2)13-24(16)37-3/h4-13,20H,14H2,1-3H3,(H,31,34). The summed E-state index contributed by atoms with van der Waals surface area (Å²) >= 11 is 0. The van der Waals surface area contributed by atoms with Crippen LogP contribution in [0, 0.1) is 0 Å². The largest absolute Gasteiger partial charge is 0.497 e. The summed E-state index contributed by atoms with van der Waals surface area (Å²) in [5.74, 6) is 0.811. The van der Waals surface area contributed by atoms with Crippen LogP contribution in [-0.4, -0.2) is 38.1 Å². The van der Waals surface area contributed by atoms with E-state index >= 15 is 0 Å². The Bertz CT molecular complexity index is 1770. The van der Waals surface area contributed by atoms with Crippen LogP contribution in [-0.2, 0) is 4.79 Å². The lowest BCUT2D eigenvalue weighted by Crippen LogP contribution is -2.26. The highest BCUT2D eigenvalue weighted by molar-refractivity contribution is 6.15. The third-order valence-corrected chi connectivity index (χ3v) is 6.96. The first kappa shape index (κ1) is 24.3. The summed E-state index contributed by atoms with van der Waals surface area (Å²) in [5.41, 5.74) is 2.02. The number of hydrogen-bond donors (Lipinski definition) is 1. The van der Waals surface area contributed by atoms with Gasteiger partial charge in [0.1, 0.15) is 28.7 Å². The predicted molar refractivity (Wildman–Crippen MR) is 142 cm³/mol. The monoisotopic (exact) mass is 525 g/mol. The molecule has 2 aliphatic heterocycles. The molecule has 3 aromatic carbocycles. The van der Waals surface area contributed by atoms with Gasteiger partial charge in [-0.1, -0.05) is 0 Å². The normalized spacial score (nSPS) is 16.9. The lowest BCUT2D eigenvalue weighted by molar-refractivity contribution is -0.135. The number of benzene rings is 3. The zero-order chi connectivity index (χ0) is 27.3. The van der Waals surface area contributed by atoms with Crippen molar-refractivity contribution in [3.8, 4) is 28.7 Å².